The Labute approximate surface area is 114 Å². The van der Waals surface area contributed by atoms with Gasteiger partial charge in [0.25, 0.3) is 0 Å². The summed E-state index contributed by atoms with van der Waals surface area (Å²) in [5, 5.41) is 21.1. The van der Waals surface area contributed by atoms with Gasteiger partial charge in [0.15, 0.2) is 0 Å². The number of amides is 1. The molecule has 3 N–H and O–H groups in total. The summed E-state index contributed by atoms with van der Waals surface area (Å²) in [5.74, 6) is -1.58. The second-order valence-corrected chi connectivity index (χ2v) is 6.00. The minimum Gasteiger partial charge on any atom is -0.481 e. The number of hydrogen-bond donors (Lipinski definition) is 3. The topological polar surface area (TPSA) is 86.6 Å². The molecule has 4 atom stereocenters. The van der Waals surface area contributed by atoms with Crippen molar-refractivity contribution in [3.63, 3.8) is 0 Å². The third kappa shape index (κ3) is 4.20. The summed E-state index contributed by atoms with van der Waals surface area (Å²) in [7, 11) is 0. The Hall–Kier alpha value is -1.10. The fourth-order valence-corrected chi connectivity index (χ4v) is 2.86. The smallest absolute Gasteiger partial charge is 0.307 e. The zero-order valence-corrected chi connectivity index (χ0v) is 11.9. The number of carboxylic acid groups (broad SMARTS) is 1. The van der Waals surface area contributed by atoms with Crippen LogP contribution in [-0.4, -0.2) is 34.7 Å². The van der Waals surface area contributed by atoms with Crippen molar-refractivity contribution in [2.75, 3.05) is 6.61 Å². The van der Waals surface area contributed by atoms with Gasteiger partial charge in [-0.05, 0) is 31.1 Å². The van der Waals surface area contributed by atoms with E-state index in [0.29, 0.717) is 19.3 Å². The molecule has 19 heavy (non-hydrogen) atoms. The van der Waals surface area contributed by atoms with Crippen LogP contribution in [0, 0.1) is 23.7 Å². The molecule has 0 bridgehead atoms. The Balaban J connectivity index is 2.67. The Morgan fingerprint density at radius 1 is 1.26 bits per heavy atom. The second kappa shape index (κ2) is 6.89. The van der Waals surface area contributed by atoms with Crippen LogP contribution in [0.3, 0.4) is 0 Å². The van der Waals surface area contributed by atoms with Crippen LogP contribution in [0.1, 0.15) is 40.0 Å². The molecule has 0 heterocycles. The standard InChI is InChI=1S/C14H25NO4/c1-8(2)12(4-5-16)15-13(17)10-6-9(3)7-11(10)14(18)19/h8-12,16H,4-7H2,1-3H3,(H,15,17)(H,18,19). The number of aliphatic hydroxyl groups is 1. The van der Waals surface area contributed by atoms with E-state index >= 15 is 0 Å². The van der Waals surface area contributed by atoms with Crippen LogP contribution in [0.4, 0.5) is 0 Å². The van der Waals surface area contributed by atoms with Crippen molar-refractivity contribution < 1.29 is 19.8 Å². The van der Waals surface area contributed by atoms with E-state index < -0.39 is 17.8 Å². The summed E-state index contributed by atoms with van der Waals surface area (Å²) in [6.07, 6.45) is 1.70. The number of carboxylic acids is 1. The van der Waals surface area contributed by atoms with Crippen molar-refractivity contribution >= 4 is 11.9 Å². The van der Waals surface area contributed by atoms with Crippen molar-refractivity contribution in [3.8, 4) is 0 Å². The van der Waals surface area contributed by atoms with E-state index in [9.17, 15) is 14.7 Å². The van der Waals surface area contributed by atoms with Gasteiger partial charge in [-0.1, -0.05) is 20.8 Å². The molecule has 0 aromatic carbocycles. The SMILES string of the molecule is CC1CC(C(=O)O)C(C(=O)NC(CCO)C(C)C)C1. The highest BCUT2D eigenvalue weighted by molar-refractivity contribution is 5.85. The number of nitrogens with one attached hydrogen (secondary N) is 1. The molecule has 5 heteroatoms. The van der Waals surface area contributed by atoms with Crippen LogP contribution >= 0.6 is 0 Å². The Morgan fingerprint density at radius 2 is 1.84 bits per heavy atom. The normalized spacial score (nSPS) is 28.4. The second-order valence-electron chi connectivity index (χ2n) is 6.00. The highest BCUT2D eigenvalue weighted by Gasteiger charge is 2.41. The largest absolute Gasteiger partial charge is 0.481 e. The predicted octanol–water partition coefficient (Wildman–Crippen LogP) is 1.26. The molecule has 1 aliphatic carbocycles. The summed E-state index contributed by atoms with van der Waals surface area (Å²) >= 11 is 0. The van der Waals surface area contributed by atoms with Crippen LogP contribution in [0.2, 0.25) is 0 Å². The molecule has 5 nitrogen and oxygen atoms in total. The molecule has 0 aromatic rings. The molecule has 0 aromatic heterocycles. The van der Waals surface area contributed by atoms with Crippen LogP contribution in [0.25, 0.3) is 0 Å². The minimum absolute atomic E-state index is 0.0204. The molecule has 1 aliphatic rings. The maximum Gasteiger partial charge on any atom is 0.307 e. The first-order valence-corrected chi connectivity index (χ1v) is 7.00. The van der Waals surface area contributed by atoms with E-state index in [0.717, 1.165) is 0 Å². The average Bonchev–Trinajstić information content (AvgIpc) is 2.70. The maximum atomic E-state index is 12.2. The van der Waals surface area contributed by atoms with Crippen LogP contribution in [0.15, 0.2) is 0 Å². The third-order valence-corrected chi connectivity index (χ3v) is 4.02. The summed E-state index contributed by atoms with van der Waals surface area (Å²) in [6, 6.07) is -0.0946. The van der Waals surface area contributed by atoms with Gasteiger partial charge in [-0.2, -0.15) is 0 Å². The van der Waals surface area contributed by atoms with E-state index in [2.05, 4.69) is 5.32 Å². The lowest BCUT2D eigenvalue weighted by Gasteiger charge is -2.24. The van der Waals surface area contributed by atoms with E-state index in [-0.39, 0.29) is 30.4 Å². The van der Waals surface area contributed by atoms with Crippen LogP contribution in [-0.2, 0) is 9.59 Å². The number of carbonyl (C=O) groups is 2. The van der Waals surface area contributed by atoms with Crippen molar-refractivity contribution in [2.45, 2.75) is 46.1 Å². The summed E-state index contributed by atoms with van der Waals surface area (Å²) in [5.41, 5.74) is 0. The fourth-order valence-electron chi connectivity index (χ4n) is 2.86. The summed E-state index contributed by atoms with van der Waals surface area (Å²) in [4.78, 5) is 23.4. The third-order valence-electron chi connectivity index (χ3n) is 4.02. The minimum atomic E-state index is -0.882. The van der Waals surface area contributed by atoms with Gasteiger partial charge in [0.2, 0.25) is 5.91 Å². The molecular formula is C14H25NO4. The molecule has 4 unspecified atom stereocenters. The molecular weight excluding hydrogens is 246 g/mol. The van der Waals surface area contributed by atoms with Gasteiger partial charge in [-0.15, -0.1) is 0 Å². The molecule has 1 amide bonds. The van der Waals surface area contributed by atoms with Gasteiger partial charge in [0.05, 0.1) is 11.8 Å². The van der Waals surface area contributed by atoms with E-state index in [1.807, 2.05) is 20.8 Å². The molecule has 0 saturated heterocycles. The van der Waals surface area contributed by atoms with E-state index in [1.54, 1.807) is 0 Å². The summed E-state index contributed by atoms with van der Waals surface area (Å²) < 4.78 is 0. The molecule has 1 saturated carbocycles. The molecule has 110 valence electrons. The lowest BCUT2D eigenvalue weighted by molar-refractivity contribution is -0.146. The van der Waals surface area contributed by atoms with Gasteiger partial charge in [0, 0.05) is 12.6 Å². The lowest BCUT2D eigenvalue weighted by atomic mass is 9.93. The van der Waals surface area contributed by atoms with Gasteiger partial charge >= 0.3 is 5.97 Å². The number of aliphatic carboxylic acids is 1. The number of hydrogen-bond acceptors (Lipinski definition) is 3. The number of rotatable bonds is 6. The summed E-state index contributed by atoms with van der Waals surface area (Å²) in [6.45, 7) is 5.96. The monoisotopic (exact) mass is 271 g/mol. The Bertz CT molecular complexity index is 329. The zero-order chi connectivity index (χ0) is 14.6. The van der Waals surface area contributed by atoms with E-state index in [1.165, 1.54) is 0 Å². The van der Waals surface area contributed by atoms with Crippen molar-refractivity contribution in [3.05, 3.63) is 0 Å². The van der Waals surface area contributed by atoms with Crippen LogP contribution in [0.5, 0.6) is 0 Å². The fraction of sp³-hybridized carbons (Fsp3) is 0.857. The van der Waals surface area contributed by atoms with Gasteiger partial charge in [-0.3, -0.25) is 9.59 Å². The quantitative estimate of drug-likeness (QED) is 0.678. The zero-order valence-electron chi connectivity index (χ0n) is 11.9. The first kappa shape index (κ1) is 16.0. The van der Waals surface area contributed by atoms with Crippen molar-refractivity contribution in [1.29, 1.82) is 0 Å². The Morgan fingerprint density at radius 3 is 2.32 bits per heavy atom. The van der Waals surface area contributed by atoms with E-state index in [4.69, 9.17) is 5.11 Å². The molecule has 0 aliphatic heterocycles. The first-order valence-electron chi connectivity index (χ1n) is 7.00. The average molecular weight is 271 g/mol. The molecule has 0 radical (unpaired) electrons. The van der Waals surface area contributed by atoms with Gasteiger partial charge in [0.1, 0.15) is 0 Å². The first-order chi connectivity index (χ1) is 8.86. The maximum absolute atomic E-state index is 12.2. The van der Waals surface area contributed by atoms with Gasteiger partial charge < -0.3 is 15.5 Å². The molecule has 1 fully saturated rings. The highest BCUT2D eigenvalue weighted by atomic mass is 16.4. The number of aliphatic hydroxyl groups excluding tert-OH is 1. The molecule has 0 spiro atoms. The number of carbonyl (C=O) groups excluding carboxylic acids is 1. The van der Waals surface area contributed by atoms with Crippen molar-refractivity contribution in [2.24, 2.45) is 23.7 Å². The van der Waals surface area contributed by atoms with Crippen LogP contribution < -0.4 is 5.32 Å². The molecule has 1 rings (SSSR count). The highest BCUT2D eigenvalue weighted by Crippen LogP contribution is 2.36. The lowest BCUT2D eigenvalue weighted by Crippen LogP contribution is -2.44. The van der Waals surface area contributed by atoms with Crippen molar-refractivity contribution in [1.82, 2.24) is 5.32 Å². The van der Waals surface area contributed by atoms with Gasteiger partial charge in [-0.25, -0.2) is 0 Å². The predicted molar refractivity (Wildman–Crippen MR) is 71.5 cm³/mol. The Kier molecular flexibility index (Phi) is 5.79.